The molecular formula is C29H32FNO3. The van der Waals surface area contributed by atoms with Crippen molar-refractivity contribution in [2.45, 2.75) is 59.2 Å². The number of halogens is 1. The summed E-state index contributed by atoms with van der Waals surface area (Å²) in [6.07, 6.45) is 0.577. The molecule has 0 saturated carbocycles. The normalized spacial score (nSPS) is 14.6. The summed E-state index contributed by atoms with van der Waals surface area (Å²) in [5.41, 5.74) is 6.76. The van der Waals surface area contributed by atoms with Crippen molar-refractivity contribution in [2.24, 2.45) is 0 Å². The summed E-state index contributed by atoms with van der Waals surface area (Å²) in [4.78, 5) is 14.6. The quantitative estimate of drug-likeness (QED) is 0.439. The van der Waals surface area contributed by atoms with Crippen molar-refractivity contribution < 1.29 is 19.0 Å². The van der Waals surface area contributed by atoms with E-state index in [4.69, 9.17) is 4.74 Å². The molecule has 0 fully saturated rings. The van der Waals surface area contributed by atoms with Crippen LogP contribution < -0.4 is 4.90 Å². The summed E-state index contributed by atoms with van der Waals surface area (Å²) >= 11 is 0. The summed E-state index contributed by atoms with van der Waals surface area (Å²) in [6.45, 7) is 10.3. The molecule has 3 aromatic carbocycles. The molecule has 0 aromatic heterocycles. The molecule has 0 aliphatic carbocycles. The monoisotopic (exact) mass is 461 g/mol. The highest BCUT2D eigenvalue weighted by molar-refractivity contribution is 5.87. The Labute approximate surface area is 201 Å². The van der Waals surface area contributed by atoms with Gasteiger partial charge in [-0.3, -0.25) is 0 Å². The second-order valence-corrected chi connectivity index (χ2v) is 10.0. The highest BCUT2D eigenvalue weighted by Gasteiger charge is 2.34. The van der Waals surface area contributed by atoms with E-state index in [9.17, 15) is 14.3 Å². The van der Waals surface area contributed by atoms with Crippen LogP contribution in [0, 0.1) is 19.7 Å². The Bertz CT molecular complexity index is 1210. The smallest absolute Gasteiger partial charge is 0.337 e. The fraction of sp³-hybridized carbons (Fsp3) is 0.345. The second kappa shape index (κ2) is 9.22. The standard InChI is InChI=1S/C29H32FNO3/c1-18-11-13-20(14-12-18)26-23-10-7-15-31(22-9-6-8-21(30)17-22)24(23)16-19(2)25(26)27(28(32)33)34-29(3,4)5/h6,8-9,11-14,16-17,27H,7,10,15H2,1-5H3,(H,32,33). The van der Waals surface area contributed by atoms with Gasteiger partial charge in [-0.05, 0) is 94.0 Å². The van der Waals surface area contributed by atoms with E-state index >= 15 is 0 Å². The molecular weight excluding hydrogens is 429 g/mol. The van der Waals surface area contributed by atoms with Crippen molar-refractivity contribution in [1.29, 1.82) is 0 Å². The van der Waals surface area contributed by atoms with E-state index in [-0.39, 0.29) is 5.82 Å². The molecule has 4 nitrogen and oxygen atoms in total. The Hall–Kier alpha value is -3.18. The van der Waals surface area contributed by atoms with Crippen LogP contribution in [-0.2, 0) is 16.0 Å². The van der Waals surface area contributed by atoms with Gasteiger partial charge in [-0.15, -0.1) is 0 Å². The minimum atomic E-state index is -1.11. The number of hydrogen-bond donors (Lipinski definition) is 1. The molecule has 34 heavy (non-hydrogen) atoms. The number of ether oxygens (including phenoxy) is 1. The maximum Gasteiger partial charge on any atom is 0.337 e. The Morgan fingerprint density at radius 3 is 2.41 bits per heavy atom. The molecule has 1 unspecified atom stereocenters. The molecule has 5 heteroatoms. The predicted octanol–water partition coefficient (Wildman–Crippen LogP) is 7.13. The summed E-state index contributed by atoms with van der Waals surface area (Å²) in [5.74, 6) is -1.29. The number of carboxylic acid groups (broad SMARTS) is 1. The van der Waals surface area contributed by atoms with Gasteiger partial charge >= 0.3 is 5.97 Å². The average Bonchev–Trinajstić information content (AvgIpc) is 2.76. The number of carboxylic acids is 1. The van der Waals surface area contributed by atoms with Gasteiger partial charge in [-0.1, -0.05) is 35.9 Å². The zero-order valence-electron chi connectivity index (χ0n) is 20.5. The van der Waals surface area contributed by atoms with Crippen LogP contribution in [0.15, 0.2) is 54.6 Å². The third kappa shape index (κ3) is 4.85. The first-order chi connectivity index (χ1) is 16.0. The first-order valence-electron chi connectivity index (χ1n) is 11.7. The van der Waals surface area contributed by atoms with E-state index in [0.29, 0.717) is 5.56 Å². The number of fused-ring (bicyclic) bond motifs is 1. The van der Waals surface area contributed by atoms with E-state index in [1.54, 1.807) is 12.1 Å². The third-order valence-corrected chi connectivity index (χ3v) is 6.18. The van der Waals surface area contributed by atoms with Crippen molar-refractivity contribution in [3.8, 4) is 11.1 Å². The Kier molecular flexibility index (Phi) is 6.50. The first kappa shape index (κ1) is 24.0. The lowest BCUT2D eigenvalue weighted by atomic mass is 9.83. The Morgan fingerprint density at radius 2 is 1.79 bits per heavy atom. The van der Waals surface area contributed by atoms with Gasteiger partial charge in [0.1, 0.15) is 5.82 Å². The van der Waals surface area contributed by atoms with Crippen LogP contribution in [0.2, 0.25) is 0 Å². The first-order valence-corrected chi connectivity index (χ1v) is 11.7. The van der Waals surface area contributed by atoms with Crippen LogP contribution in [0.1, 0.15) is 55.5 Å². The van der Waals surface area contributed by atoms with E-state index < -0.39 is 17.7 Å². The third-order valence-electron chi connectivity index (χ3n) is 6.18. The van der Waals surface area contributed by atoms with Crippen LogP contribution in [0.4, 0.5) is 15.8 Å². The topological polar surface area (TPSA) is 49.8 Å². The fourth-order valence-electron chi connectivity index (χ4n) is 4.77. The number of nitrogens with zero attached hydrogens (tertiary/aromatic N) is 1. The highest BCUT2D eigenvalue weighted by atomic mass is 19.1. The van der Waals surface area contributed by atoms with Crippen molar-refractivity contribution in [3.05, 3.63) is 82.7 Å². The molecule has 1 heterocycles. The van der Waals surface area contributed by atoms with Crippen LogP contribution in [0.3, 0.4) is 0 Å². The number of benzene rings is 3. The molecule has 1 atom stereocenters. The minimum absolute atomic E-state index is 0.277. The maximum atomic E-state index is 14.1. The van der Waals surface area contributed by atoms with E-state index in [1.807, 2.05) is 71.0 Å². The van der Waals surface area contributed by atoms with Gasteiger partial charge in [-0.2, -0.15) is 0 Å². The van der Waals surface area contributed by atoms with Crippen LogP contribution in [0.25, 0.3) is 11.1 Å². The number of rotatable bonds is 5. The molecule has 0 saturated heterocycles. The van der Waals surface area contributed by atoms with Gasteiger partial charge in [0.25, 0.3) is 0 Å². The van der Waals surface area contributed by atoms with Crippen LogP contribution >= 0.6 is 0 Å². The Balaban J connectivity index is 2.00. The molecule has 0 amide bonds. The maximum absolute atomic E-state index is 14.1. The molecule has 178 valence electrons. The zero-order valence-corrected chi connectivity index (χ0v) is 20.5. The lowest BCUT2D eigenvalue weighted by Crippen LogP contribution is -2.30. The largest absolute Gasteiger partial charge is 0.479 e. The highest BCUT2D eigenvalue weighted by Crippen LogP contribution is 2.45. The van der Waals surface area contributed by atoms with E-state index in [0.717, 1.165) is 58.6 Å². The van der Waals surface area contributed by atoms with Crippen molar-refractivity contribution in [2.75, 3.05) is 11.4 Å². The van der Waals surface area contributed by atoms with E-state index in [2.05, 4.69) is 4.90 Å². The van der Waals surface area contributed by atoms with Gasteiger partial charge in [0.05, 0.1) is 5.60 Å². The van der Waals surface area contributed by atoms with Crippen molar-refractivity contribution in [3.63, 3.8) is 0 Å². The summed E-state index contributed by atoms with van der Waals surface area (Å²) in [7, 11) is 0. The molecule has 4 rings (SSSR count). The fourth-order valence-corrected chi connectivity index (χ4v) is 4.77. The number of carbonyl (C=O) groups is 1. The van der Waals surface area contributed by atoms with Crippen molar-refractivity contribution in [1.82, 2.24) is 0 Å². The number of anilines is 2. The summed E-state index contributed by atoms with van der Waals surface area (Å²) < 4.78 is 20.2. The molecule has 1 aliphatic heterocycles. The molecule has 0 radical (unpaired) electrons. The molecule has 0 bridgehead atoms. The number of aryl methyl sites for hydroxylation is 2. The average molecular weight is 462 g/mol. The second-order valence-electron chi connectivity index (χ2n) is 10.0. The lowest BCUT2D eigenvalue weighted by Gasteiger charge is -2.36. The summed E-state index contributed by atoms with van der Waals surface area (Å²) in [6, 6.07) is 16.8. The minimum Gasteiger partial charge on any atom is -0.479 e. The predicted molar refractivity (Wildman–Crippen MR) is 134 cm³/mol. The van der Waals surface area contributed by atoms with E-state index in [1.165, 1.54) is 6.07 Å². The molecule has 1 N–H and O–H groups in total. The molecule has 3 aromatic rings. The number of hydrogen-bond acceptors (Lipinski definition) is 3. The molecule has 0 spiro atoms. The van der Waals surface area contributed by atoms with Gasteiger partial charge in [0.15, 0.2) is 6.10 Å². The van der Waals surface area contributed by atoms with Gasteiger partial charge < -0.3 is 14.7 Å². The van der Waals surface area contributed by atoms with Gasteiger partial charge in [0, 0.05) is 23.5 Å². The van der Waals surface area contributed by atoms with Crippen LogP contribution in [0.5, 0.6) is 0 Å². The van der Waals surface area contributed by atoms with Gasteiger partial charge in [-0.25, -0.2) is 9.18 Å². The summed E-state index contributed by atoms with van der Waals surface area (Å²) in [5, 5.41) is 10.2. The number of aliphatic carboxylic acids is 1. The molecule has 1 aliphatic rings. The Morgan fingerprint density at radius 1 is 1.09 bits per heavy atom. The lowest BCUT2D eigenvalue weighted by molar-refractivity contribution is -0.160. The van der Waals surface area contributed by atoms with Gasteiger partial charge in [0.2, 0.25) is 0 Å². The SMILES string of the molecule is Cc1ccc(-c2c3c(cc(C)c2C(OC(C)(C)C)C(=O)O)N(c2cccc(F)c2)CCC3)cc1. The van der Waals surface area contributed by atoms with Crippen LogP contribution in [-0.4, -0.2) is 23.2 Å². The van der Waals surface area contributed by atoms with Crippen molar-refractivity contribution >= 4 is 17.3 Å². The zero-order chi connectivity index (χ0) is 24.6.